The first kappa shape index (κ1) is 13.3. The summed E-state index contributed by atoms with van der Waals surface area (Å²) in [7, 11) is 0. The SMILES string of the molecule is Cc1c(Cl)nnc(NCC2CSCCS2)c1C. The van der Waals surface area contributed by atoms with Gasteiger partial charge < -0.3 is 5.32 Å². The van der Waals surface area contributed by atoms with Crippen LogP contribution in [0.25, 0.3) is 0 Å². The summed E-state index contributed by atoms with van der Waals surface area (Å²) >= 11 is 9.99. The average molecular weight is 290 g/mol. The smallest absolute Gasteiger partial charge is 0.155 e. The van der Waals surface area contributed by atoms with E-state index in [9.17, 15) is 0 Å². The number of nitrogens with one attached hydrogen (secondary N) is 1. The maximum atomic E-state index is 5.93. The normalized spacial score (nSPS) is 20.3. The summed E-state index contributed by atoms with van der Waals surface area (Å²) in [6.45, 7) is 4.96. The zero-order valence-electron chi connectivity index (χ0n) is 9.99. The van der Waals surface area contributed by atoms with Gasteiger partial charge in [0.2, 0.25) is 0 Å². The summed E-state index contributed by atoms with van der Waals surface area (Å²) in [5, 5.41) is 12.6. The Bertz CT molecular complexity index is 395. The van der Waals surface area contributed by atoms with Crippen LogP contribution in [0.2, 0.25) is 5.15 Å². The van der Waals surface area contributed by atoms with Crippen LogP contribution in [0.5, 0.6) is 0 Å². The van der Waals surface area contributed by atoms with Gasteiger partial charge in [0.25, 0.3) is 0 Å². The van der Waals surface area contributed by atoms with Crippen LogP contribution >= 0.6 is 35.1 Å². The molecule has 2 rings (SSSR count). The molecule has 6 heteroatoms. The zero-order chi connectivity index (χ0) is 12.3. The van der Waals surface area contributed by atoms with Crippen LogP contribution in [0.15, 0.2) is 0 Å². The van der Waals surface area contributed by atoms with Crippen molar-refractivity contribution in [2.45, 2.75) is 19.1 Å². The Labute approximate surface area is 115 Å². The molecule has 1 aromatic heterocycles. The monoisotopic (exact) mass is 289 g/mol. The van der Waals surface area contributed by atoms with Gasteiger partial charge in [-0.25, -0.2) is 0 Å². The molecule has 1 N–H and O–H groups in total. The largest absolute Gasteiger partial charge is 0.367 e. The Balaban J connectivity index is 1.96. The van der Waals surface area contributed by atoms with Crippen molar-refractivity contribution < 1.29 is 0 Å². The molecule has 1 aliphatic heterocycles. The summed E-state index contributed by atoms with van der Waals surface area (Å²) in [6, 6.07) is 0. The molecule has 0 spiro atoms. The number of hydrogen-bond donors (Lipinski definition) is 1. The molecule has 0 amide bonds. The molecule has 0 aliphatic carbocycles. The Morgan fingerprint density at radius 3 is 2.82 bits per heavy atom. The summed E-state index contributed by atoms with van der Waals surface area (Å²) in [5.74, 6) is 4.61. The molecule has 0 radical (unpaired) electrons. The lowest BCUT2D eigenvalue weighted by Gasteiger charge is -2.21. The van der Waals surface area contributed by atoms with Gasteiger partial charge >= 0.3 is 0 Å². The molecule has 0 bridgehead atoms. The van der Waals surface area contributed by atoms with Gasteiger partial charge in [0.1, 0.15) is 0 Å². The van der Waals surface area contributed by atoms with Crippen LogP contribution in [0.4, 0.5) is 5.82 Å². The van der Waals surface area contributed by atoms with Crippen molar-refractivity contribution in [2.24, 2.45) is 0 Å². The van der Waals surface area contributed by atoms with Gasteiger partial charge in [0.15, 0.2) is 11.0 Å². The first-order valence-electron chi connectivity index (χ1n) is 5.61. The fourth-order valence-electron chi connectivity index (χ4n) is 1.61. The lowest BCUT2D eigenvalue weighted by atomic mass is 10.2. The van der Waals surface area contributed by atoms with Crippen LogP contribution in [-0.2, 0) is 0 Å². The minimum absolute atomic E-state index is 0.496. The van der Waals surface area contributed by atoms with E-state index < -0.39 is 0 Å². The second kappa shape index (κ2) is 6.16. The van der Waals surface area contributed by atoms with Crippen LogP contribution < -0.4 is 5.32 Å². The molecular formula is C11H16ClN3S2. The van der Waals surface area contributed by atoms with E-state index in [0.29, 0.717) is 10.4 Å². The molecule has 1 unspecified atom stereocenters. The summed E-state index contributed by atoms with van der Waals surface area (Å²) in [5.41, 5.74) is 2.10. The molecule has 1 aliphatic rings. The van der Waals surface area contributed by atoms with Gasteiger partial charge in [-0.1, -0.05) is 11.6 Å². The van der Waals surface area contributed by atoms with Crippen molar-refractivity contribution >= 4 is 40.9 Å². The van der Waals surface area contributed by atoms with Crippen molar-refractivity contribution in [3.05, 3.63) is 16.3 Å². The highest BCUT2D eigenvalue weighted by Crippen LogP contribution is 2.25. The van der Waals surface area contributed by atoms with Crippen molar-refractivity contribution in [3.63, 3.8) is 0 Å². The average Bonchev–Trinajstić information content (AvgIpc) is 2.36. The molecule has 2 heterocycles. The van der Waals surface area contributed by atoms with Gasteiger partial charge in [0.05, 0.1) is 0 Å². The van der Waals surface area contributed by atoms with Gasteiger partial charge in [-0.05, 0) is 25.0 Å². The second-order valence-electron chi connectivity index (χ2n) is 4.04. The molecule has 1 atom stereocenters. The number of aromatic nitrogens is 2. The van der Waals surface area contributed by atoms with Crippen molar-refractivity contribution in [1.29, 1.82) is 0 Å². The Morgan fingerprint density at radius 1 is 1.29 bits per heavy atom. The van der Waals surface area contributed by atoms with E-state index in [1.54, 1.807) is 0 Å². The molecule has 1 fully saturated rings. The third kappa shape index (κ3) is 3.42. The third-order valence-corrected chi connectivity index (χ3v) is 6.05. The van der Waals surface area contributed by atoms with E-state index in [0.717, 1.165) is 23.5 Å². The quantitative estimate of drug-likeness (QED) is 0.926. The van der Waals surface area contributed by atoms with E-state index in [-0.39, 0.29) is 0 Å². The fourth-order valence-corrected chi connectivity index (χ4v) is 4.40. The molecule has 1 saturated heterocycles. The van der Waals surface area contributed by atoms with Crippen molar-refractivity contribution in [3.8, 4) is 0 Å². The summed E-state index contributed by atoms with van der Waals surface area (Å²) < 4.78 is 0. The van der Waals surface area contributed by atoms with Crippen LogP contribution in [0, 0.1) is 13.8 Å². The highest BCUT2D eigenvalue weighted by Gasteiger charge is 2.15. The Hall–Kier alpha value is -0.130. The number of halogens is 1. The maximum Gasteiger partial charge on any atom is 0.155 e. The Morgan fingerprint density at radius 2 is 2.12 bits per heavy atom. The summed E-state index contributed by atoms with van der Waals surface area (Å²) in [4.78, 5) is 0. The Kier molecular flexibility index (Phi) is 4.82. The van der Waals surface area contributed by atoms with Gasteiger partial charge in [-0.3, -0.25) is 0 Å². The molecule has 0 aromatic carbocycles. The third-order valence-electron chi connectivity index (χ3n) is 2.85. The predicted octanol–water partition coefficient (Wildman–Crippen LogP) is 3.01. The zero-order valence-corrected chi connectivity index (χ0v) is 12.4. The molecule has 3 nitrogen and oxygen atoms in total. The first-order valence-corrected chi connectivity index (χ1v) is 8.19. The minimum Gasteiger partial charge on any atom is -0.367 e. The number of anilines is 1. The lowest BCUT2D eigenvalue weighted by Crippen LogP contribution is -2.24. The van der Waals surface area contributed by atoms with E-state index in [4.69, 9.17) is 11.6 Å². The predicted molar refractivity (Wildman–Crippen MR) is 78.6 cm³/mol. The van der Waals surface area contributed by atoms with Gasteiger partial charge in [-0.2, -0.15) is 23.5 Å². The van der Waals surface area contributed by atoms with E-state index >= 15 is 0 Å². The van der Waals surface area contributed by atoms with Crippen LogP contribution in [0.3, 0.4) is 0 Å². The molecule has 94 valence electrons. The molecule has 0 saturated carbocycles. The lowest BCUT2D eigenvalue weighted by molar-refractivity contribution is 0.943. The summed E-state index contributed by atoms with van der Waals surface area (Å²) in [6.07, 6.45) is 0. The van der Waals surface area contributed by atoms with Gasteiger partial charge in [-0.15, -0.1) is 10.2 Å². The van der Waals surface area contributed by atoms with E-state index in [1.165, 1.54) is 17.3 Å². The van der Waals surface area contributed by atoms with E-state index in [2.05, 4.69) is 15.5 Å². The molecule has 17 heavy (non-hydrogen) atoms. The topological polar surface area (TPSA) is 37.8 Å². The fraction of sp³-hybridized carbons (Fsp3) is 0.636. The number of rotatable bonds is 3. The highest BCUT2D eigenvalue weighted by molar-refractivity contribution is 8.06. The van der Waals surface area contributed by atoms with Crippen LogP contribution in [0.1, 0.15) is 11.1 Å². The van der Waals surface area contributed by atoms with Crippen molar-refractivity contribution in [1.82, 2.24) is 10.2 Å². The molecule has 1 aromatic rings. The van der Waals surface area contributed by atoms with Crippen molar-refractivity contribution in [2.75, 3.05) is 29.1 Å². The first-order chi connectivity index (χ1) is 8.18. The minimum atomic E-state index is 0.496. The van der Waals surface area contributed by atoms with Gasteiger partial charge in [0, 0.05) is 29.1 Å². The standard InChI is InChI=1S/C11H16ClN3S2/c1-7-8(2)11(15-14-10(7)12)13-5-9-6-16-3-4-17-9/h9H,3-6H2,1-2H3,(H,13,15). The van der Waals surface area contributed by atoms with Crippen LogP contribution in [-0.4, -0.2) is 39.3 Å². The highest BCUT2D eigenvalue weighted by atomic mass is 35.5. The molecular weight excluding hydrogens is 274 g/mol. The number of hydrogen-bond acceptors (Lipinski definition) is 5. The van der Waals surface area contributed by atoms with E-state index in [1.807, 2.05) is 37.4 Å². The number of nitrogens with zero attached hydrogens (tertiary/aromatic N) is 2. The second-order valence-corrected chi connectivity index (χ2v) is 6.95. The number of thioether (sulfide) groups is 2. The maximum absolute atomic E-state index is 5.93.